The van der Waals surface area contributed by atoms with Crippen molar-refractivity contribution >= 4 is 38.9 Å². The van der Waals surface area contributed by atoms with Gasteiger partial charge in [-0.15, -0.1) is 0 Å². The zero-order valence-corrected chi connectivity index (χ0v) is 20.3. The molecule has 1 aliphatic heterocycles. The summed E-state index contributed by atoms with van der Waals surface area (Å²) in [6.07, 6.45) is 1.42. The average molecular weight is 488 g/mol. The summed E-state index contributed by atoms with van der Waals surface area (Å²) >= 11 is 5.98. The first-order valence-corrected chi connectivity index (χ1v) is 12.4. The zero-order valence-electron chi connectivity index (χ0n) is 18.7. The van der Waals surface area contributed by atoms with E-state index >= 15 is 0 Å². The molecule has 1 amide bonds. The Hall–Kier alpha value is -2.88. The van der Waals surface area contributed by atoms with Gasteiger partial charge in [0.15, 0.2) is 0 Å². The Labute approximate surface area is 198 Å². The molecule has 0 spiro atoms. The van der Waals surface area contributed by atoms with Crippen molar-refractivity contribution < 1.29 is 13.2 Å². The third-order valence-electron chi connectivity index (χ3n) is 5.86. The molecule has 33 heavy (non-hydrogen) atoms. The summed E-state index contributed by atoms with van der Waals surface area (Å²) < 4.78 is 29.6. The van der Waals surface area contributed by atoms with E-state index in [0.29, 0.717) is 36.9 Å². The van der Waals surface area contributed by atoms with Crippen LogP contribution in [0.15, 0.2) is 53.7 Å². The predicted octanol–water partition coefficient (Wildman–Crippen LogP) is 3.45. The number of hydrogen-bond donors (Lipinski definition) is 1. The Morgan fingerprint density at radius 2 is 1.76 bits per heavy atom. The van der Waals surface area contributed by atoms with Crippen molar-refractivity contribution in [2.75, 3.05) is 36.4 Å². The SMILES string of the molecule is Cc1cccc(N2CCN(S(=O)(=O)c3nn(C)cc3C(=O)Nc3cccc(Cl)c3)CC2)c1C. The van der Waals surface area contributed by atoms with Crippen molar-refractivity contribution in [1.82, 2.24) is 14.1 Å². The van der Waals surface area contributed by atoms with Gasteiger partial charge in [0, 0.05) is 55.8 Å². The van der Waals surface area contributed by atoms with E-state index in [1.54, 1.807) is 31.3 Å². The van der Waals surface area contributed by atoms with E-state index in [0.717, 1.165) is 5.69 Å². The van der Waals surface area contributed by atoms with Crippen LogP contribution in [0.25, 0.3) is 0 Å². The first kappa shape index (κ1) is 23.3. The highest BCUT2D eigenvalue weighted by molar-refractivity contribution is 7.89. The number of anilines is 2. The number of sulfonamides is 1. The molecule has 1 fully saturated rings. The molecule has 2 aromatic carbocycles. The van der Waals surface area contributed by atoms with E-state index in [-0.39, 0.29) is 10.6 Å². The predicted molar refractivity (Wildman–Crippen MR) is 130 cm³/mol. The lowest BCUT2D eigenvalue weighted by Crippen LogP contribution is -2.49. The van der Waals surface area contributed by atoms with Gasteiger partial charge in [-0.2, -0.15) is 9.40 Å². The fourth-order valence-corrected chi connectivity index (χ4v) is 5.68. The number of rotatable bonds is 5. The number of nitrogens with one attached hydrogen (secondary N) is 1. The molecule has 1 saturated heterocycles. The normalized spacial score (nSPS) is 15.0. The summed E-state index contributed by atoms with van der Waals surface area (Å²) in [5.41, 5.74) is 3.98. The van der Waals surface area contributed by atoms with Gasteiger partial charge in [0.05, 0.1) is 5.56 Å². The van der Waals surface area contributed by atoms with E-state index < -0.39 is 15.9 Å². The van der Waals surface area contributed by atoms with E-state index in [2.05, 4.69) is 41.3 Å². The molecule has 8 nitrogen and oxygen atoms in total. The summed E-state index contributed by atoms with van der Waals surface area (Å²) in [5.74, 6) is -0.557. The monoisotopic (exact) mass is 487 g/mol. The molecule has 0 aliphatic carbocycles. The number of piperazine rings is 1. The molecule has 1 N–H and O–H groups in total. The molecule has 0 unspecified atom stereocenters. The maximum absolute atomic E-state index is 13.4. The average Bonchev–Trinajstić information content (AvgIpc) is 3.19. The van der Waals surface area contributed by atoms with Gasteiger partial charge >= 0.3 is 0 Å². The quantitative estimate of drug-likeness (QED) is 0.595. The van der Waals surface area contributed by atoms with Crippen LogP contribution in [0.3, 0.4) is 0 Å². The summed E-state index contributed by atoms with van der Waals surface area (Å²) in [4.78, 5) is 15.1. The number of amides is 1. The van der Waals surface area contributed by atoms with Crippen molar-refractivity contribution in [2.45, 2.75) is 18.9 Å². The lowest BCUT2D eigenvalue weighted by atomic mass is 10.1. The van der Waals surface area contributed by atoms with Crippen LogP contribution in [0.5, 0.6) is 0 Å². The third-order valence-corrected chi connectivity index (χ3v) is 7.93. The van der Waals surface area contributed by atoms with Crippen LogP contribution in [-0.2, 0) is 17.1 Å². The molecular formula is C23H26ClN5O3S. The van der Waals surface area contributed by atoms with Crippen LogP contribution in [-0.4, -0.2) is 54.6 Å². The van der Waals surface area contributed by atoms with Gasteiger partial charge in [0.1, 0.15) is 0 Å². The maximum Gasteiger partial charge on any atom is 0.263 e. The van der Waals surface area contributed by atoms with Crippen LogP contribution < -0.4 is 10.2 Å². The van der Waals surface area contributed by atoms with E-state index in [4.69, 9.17) is 11.6 Å². The Morgan fingerprint density at radius 1 is 1.06 bits per heavy atom. The number of aryl methyl sites for hydroxylation is 2. The van der Waals surface area contributed by atoms with Crippen LogP contribution in [0.4, 0.5) is 11.4 Å². The Balaban J connectivity index is 1.53. The molecule has 3 aromatic rings. The first-order chi connectivity index (χ1) is 15.7. The molecule has 0 atom stereocenters. The van der Waals surface area contributed by atoms with E-state index in [1.165, 1.54) is 26.3 Å². The van der Waals surface area contributed by atoms with Crippen molar-refractivity contribution in [1.29, 1.82) is 0 Å². The topological polar surface area (TPSA) is 87.5 Å². The standard InChI is InChI=1S/C23H26ClN5O3S/c1-16-6-4-9-21(17(16)2)28-10-12-29(13-11-28)33(31,32)23-20(15-27(3)26-23)22(30)25-19-8-5-7-18(24)14-19/h4-9,14-15H,10-13H2,1-3H3,(H,25,30). The lowest BCUT2D eigenvalue weighted by Gasteiger charge is -2.36. The summed E-state index contributed by atoms with van der Waals surface area (Å²) in [5, 5.41) is 7.05. The van der Waals surface area contributed by atoms with Crippen LogP contribution in [0.2, 0.25) is 5.02 Å². The highest BCUT2D eigenvalue weighted by Crippen LogP contribution is 2.26. The Kier molecular flexibility index (Phi) is 6.47. The first-order valence-electron chi connectivity index (χ1n) is 10.6. The van der Waals surface area contributed by atoms with E-state index in [9.17, 15) is 13.2 Å². The number of aromatic nitrogens is 2. The summed E-state index contributed by atoms with van der Waals surface area (Å²) in [6, 6.07) is 12.8. The number of benzene rings is 2. The molecule has 0 radical (unpaired) electrons. The second kappa shape index (κ2) is 9.17. The fraction of sp³-hybridized carbons (Fsp3) is 0.304. The maximum atomic E-state index is 13.4. The molecule has 0 saturated carbocycles. The van der Waals surface area contributed by atoms with Gasteiger partial charge in [-0.3, -0.25) is 9.48 Å². The summed E-state index contributed by atoms with van der Waals surface area (Å²) in [7, 11) is -2.36. The third kappa shape index (κ3) is 4.75. The van der Waals surface area contributed by atoms with E-state index in [1.807, 2.05) is 6.07 Å². The Morgan fingerprint density at radius 3 is 2.45 bits per heavy atom. The number of nitrogens with zero attached hydrogens (tertiary/aromatic N) is 4. The molecule has 1 aromatic heterocycles. The van der Waals surface area contributed by atoms with Gasteiger partial charge in [-0.1, -0.05) is 29.8 Å². The van der Waals surface area contributed by atoms with Gasteiger partial charge in [0.2, 0.25) is 5.03 Å². The molecule has 10 heteroatoms. The smallest absolute Gasteiger partial charge is 0.263 e. The van der Waals surface area contributed by atoms with Crippen LogP contribution in [0, 0.1) is 13.8 Å². The van der Waals surface area contributed by atoms with Crippen molar-refractivity contribution in [3.05, 3.63) is 70.4 Å². The molecular weight excluding hydrogens is 462 g/mol. The van der Waals surface area contributed by atoms with Crippen molar-refractivity contribution in [3.63, 3.8) is 0 Å². The number of halogens is 1. The minimum absolute atomic E-state index is 0.00515. The van der Waals surface area contributed by atoms with Gasteiger partial charge in [-0.25, -0.2) is 8.42 Å². The molecule has 4 rings (SSSR count). The van der Waals surface area contributed by atoms with Crippen LogP contribution in [0.1, 0.15) is 21.5 Å². The highest BCUT2D eigenvalue weighted by atomic mass is 35.5. The van der Waals surface area contributed by atoms with Crippen molar-refractivity contribution in [3.8, 4) is 0 Å². The second-order valence-corrected chi connectivity index (χ2v) is 10.4. The molecule has 1 aliphatic rings. The van der Waals surface area contributed by atoms with Gasteiger partial charge in [0.25, 0.3) is 15.9 Å². The Bertz CT molecular complexity index is 1300. The number of carbonyl (C=O) groups excluding carboxylic acids is 1. The van der Waals surface area contributed by atoms with Crippen molar-refractivity contribution in [2.24, 2.45) is 7.05 Å². The highest BCUT2D eigenvalue weighted by Gasteiger charge is 2.34. The summed E-state index contributed by atoms with van der Waals surface area (Å²) in [6.45, 7) is 5.87. The molecule has 174 valence electrons. The lowest BCUT2D eigenvalue weighted by molar-refractivity contribution is 0.102. The molecule has 0 bridgehead atoms. The molecule has 2 heterocycles. The largest absolute Gasteiger partial charge is 0.369 e. The van der Waals surface area contributed by atoms with Gasteiger partial charge in [-0.05, 0) is 49.2 Å². The van der Waals surface area contributed by atoms with Crippen LogP contribution >= 0.6 is 11.6 Å². The van der Waals surface area contributed by atoms with Gasteiger partial charge < -0.3 is 10.2 Å². The minimum Gasteiger partial charge on any atom is -0.369 e. The zero-order chi connectivity index (χ0) is 23.8. The fourth-order valence-electron chi connectivity index (χ4n) is 3.95. The second-order valence-electron chi connectivity index (χ2n) is 8.10. The number of hydrogen-bond acceptors (Lipinski definition) is 5. The minimum atomic E-state index is -3.95. The number of carbonyl (C=O) groups is 1.